The molecule has 3 aromatic carbocycles. The van der Waals surface area contributed by atoms with E-state index in [2.05, 4.69) is 15.3 Å². The zero-order valence-corrected chi connectivity index (χ0v) is 19.5. The predicted molar refractivity (Wildman–Crippen MR) is 111 cm³/mol. The molecule has 3 aromatic rings. The number of phenols is 1. The van der Waals surface area contributed by atoms with Gasteiger partial charge in [-0.05, 0) is 19.1 Å². The first kappa shape index (κ1) is 23.0. The van der Waals surface area contributed by atoms with E-state index in [-0.39, 0.29) is 46.0 Å². The Hall–Kier alpha value is -2.63. The Morgan fingerprint density at radius 3 is 2.29 bits per heavy atom. The molecule has 0 bridgehead atoms. The Balaban J connectivity index is 0.00000272. The molecule has 11 heteroatoms. The van der Waals surface area contributed by atoms with Gasteiger partial charge in [0.1, 0.15) is 16.3 Å². The molecule has 1 aliphatic rings. The minimum atomic E-state index is -4.57. The van der Waals surface area contributed by atoms with Crippen LogP contribution in [0.15, 0.2) is 80.9 Å². The number of carbonyl (C=O) groups is 1. The summed E-state index contributed by atoms with van der Waals surface area (Å²) >= 11 is 0. The van der Waals surface area contributed by atoms with Gasteiger partial charge in [-0.25, -0.2) is 0 Å². The third-order valence-electron chi connectivity index (χ3n) is 4.61. The van der Waals surface area contributed by atoms with Gasteiger partial charge in [0, 0.05) is 16.8 Å². The van der Waals surface area contributed by atoms with E-state index in [9.17, 15) is 22.9 Å². The van der Waals surface area contributed by atoms with Crippen LogP contribution in [0.3, 0.4) is 0 Å². The van der Waals surface area contributed by atoms with E-state index >= 15 is 0 Å². The Kier molecular flexibility index (Phi) is 6.58. The summed E-state index contributed by atoms with van der Waals surface area (Å²) < 4.78 is 32.8. The fraction of sp³-hybridized carbons (Fsp3) is 0.100. The number of anilines is 1. The van der Waals surface area contributed by atoms with Crippen LogP contribution in [0, 0.1) is 0 Å². The minimum Gasteiger partial charge on any atom is -0.506 e. The summed E-state index contributed by atoms with van der Waals surface area (Å²) in [5.41, 5.74) is 0.994. The molecule has 0 saturated heterocycles. The van der Waals surface area contributed by atoms with Crippen LogP contribution in [-0.4, -0.2) is 35.7 Å². The zero-order valence-electron chi connectivity index (χ0n) is 16.7. The molecule has 9 nitrogen and oxygen atoms in total. The van der Waals surface area contributed by atoms with Gasteiger partial charge in [-0.2, -0.15) is 28.8 Å². The Bertz CT molecular complexity index is 1330. The van der Waals surface area contributed by atoms with Gasteiger partial charge >= 0.3 is 29.6 Å². The van der Waals surface area contributed by atoms with Crippen molar-refractivity contribution in [2.75, 3.05) is 5.01 Å². The van der Waals surface area contributed by atoms with Gasteiger partial charge in [0.15, 0.2) is 6.04 Å². The molecule has 0 aliphatic carbocycles. The summed E-state index contributed by atoms with van der Waals surface area (Å²) in [6.45, 7) is 1.64. The molecule has 0 spiro atoms. The Labute approximate surface area is 200 Å². The molecule has 152 valence electrons. The van der Waals surface area contributed by atoms with Gasteiger partial charge in [0.2, 0.25) is 0 Å². The van der Waals surface area contributed by atoms with E-state index in [0.717, 1.165) is 6.07 Å². The summed E-state index contributed by atoms with van der Waals surface area (Å²) in [4.78, 5) is 12.3. The zero-order chi connectivity index (χ0) is 21.5. The van der Waals surface area contributed by atoms with Crippen molar-refractivity contribution >= 4 is 43.9 Å². The molecule has 0 saturated carbocycles. The minimum absolute atomic E-state index is 0. The van der Waals surface area contributed by atoms with Gasteiger partial charge in [-0.1, -0.05) is 42.5 Å². The van der Waals surface area contributed by atoms with Crippen LogP contribution in [0.5, 0.6) is 5.75 Å². The average Bonchev–Trinajstić information content (AvgIpc) is 3.00. The number of nitrogens with zero attached hydrogens (tertiary/aromatic N) is 4. The second-order valence-electron chi connectivity index (χ2n) is 6.61. The number of hydrogen-bond donors (Lipinski definition) is 2. The van der Waals surface area contributed by atoms with E-state index in [1.54, 1.807) is 43.3 Å². The van der Waals surface area contributed by atoms with Gasteiger partial charge in [-0.3, -0.25) is 9.35 Å². The number of hydrazone groups is 1. The maximum atomic E-state index is 12.8. The van der Waals surface area contributed by atoms with Crippen molar-refractivity contribution in [2.24, 2.45) is 15.3 Å². The third-order valence-corrected chi connectivity index (χ3v) is 5.50. The molecular formula is C20H16N4NaO5S+. The van der Waals surface area contributed by atoms with Crippen LogP contribution in [-0.2, 0) is 14.9 Å². The number of para-hydroxylation sites is 1. The van der Waals surface area contributed by atoms with Crippen molar-refractivity contribution in [3.05, 3.63) is 60.7 Å². The molecule has 0 radical (unpaired) electrons. The molecule has 1 heterocycles. The molecule has 0 fully saturated rings. The molecule has 1 amide bonds. The summed E-state index contributed by atoms with van der Waals surface area (Å²) in [5.74, 6) is -0.897. The fourth-order valence-electron chi connectivity index (χ4n) is 3.19. The second-order valence-corrected chi connectivity index (χ2v) is 8.00. The number of amides is 1. The first-order valence-electron chi connectivity index (χ1n) is 8.84. The molecule has 1 aliphatic heterocycles. The maximum Gasteiger partial charge on any atom is 1.00 e. The number of hydrogen-bond acceptors (Lipinski definition) is 7. The first-order valence-corrected chi connectivity index (χ1v) is 10.3. The van der Waals surface area contributed by atoms with Crippen molar-refractivity contribution < 1.29 is 52.4 Å². The van der Waals surface area contributed by atoms with Crippen LogP contribution in [0.4, 0.5) is 11.4 Å². The Morgan fingerprint density at radius 1 is 1.03 bits per heavy atom. The fourth-order valence-corrected chi connectivity index (χ4v) is 3.91. The maximum absolute atomic E-state index is 12.8. The molecule has 2 N–H and O–H groups in total. The average molecular weight is 447 g/mol. The molecule has 1 atom stereocenters. The van der Waals surface area contributed by atoms with E-state index in [1.165, 1.54) is 17.1 Å². The van der Waals surface area contributed by atoms with Crippen LogP contribution >= 0.6 is 0 Å². The molecular weight excluding hydrogens is 431 g/mol. The number of fused-ring (bicyclic) bond motifs is 1. The van der Waals surface area contributed by atoms with Gasteiger partial charge in [0.25, 0.3) is 16.0 Å². The number of phenolic OH excluding ortho intramolecular Hbond substituents is 1. The second kappa shape index (κ2) is 8.85. The summed E-state index contributed by atoms with van der Waals surface area (Å²) in [7, 11) is -4.57. The number of benzene rings is 3. The van der Waals surface area contributed by atoms with Crippen LogP contribution in [0.25, 0.3) is 10.8 Å². The van der Waals surface area contributed by atoms with Crippen LogP contribution in [0.1, 0.15) is 6.92 Å². The predicted octanol–water partition coefficient (Wildman–Crippen LogP) is 0.671. The van der Waals surface area contributed by atoms with Gasteiger partial charge in [-0.15, -0.1) is 0 Å². The number of carbonyl (C=O) groups excluding carboxylic acids is 1. The van der Waals surface area contributed by atoms with E-state index in [1.807, 2.05) is 6.07 Å². The molecule has 1 unspecified atom stereocenters. The third kappa shape index (κ3) is 4.39. The smallest absolute Gasteiger partial charge is 0.506 e. The first-order chi connectivity index (χ1) is 14.3. The largest absolute Gasteiger partial charge is 1.00 e. The summed E-state index contributed by atoms with van der Waals surface area (Å²) in [6, 6.07) is 15.0. The van der Waals surface area contributed by atoms with Gasteiger partial charge < -0.3 is 5.11 Å². The normalized spacial score (nSPS) is 16.6. The summed E-state index contributed by atoms with van der Waals surface area (Å²) in [5, 5.41) is 24.3. The van der Waals surface area contributed by atoms with Crippen LogP contribution in [0.2, 0.25) is 0 Å². The Morgan fingerprint density at radius 2 is 1.65 bits per heavy atom. The van der Waals surface area contributed by atoms with E-state index in [4.69, 9.17) is 0 Å². The molecule has 0 aromatic heterocycles. The quantitative estimate of drug-likeness (QED) is 0.345. The van der Waals surface area contributed by atoms with Crippen molar-refractivity contribution in [3.8, 4) is 5.75 Å². The number of rotatable bonds is 4. The van der Waals surface area contributed by atoms with E-state index < -0.39 is 32.7 Å². The van der Waals surface area contributed by atoms with Crippen LogP contribution < -0.4 is 34.6 Å². The molecule has 4 rings (SSSR count). The standard InChI is InChI=1S/C20H16N4O5S.Na/c1-12-18(20(26)24(23-12)13-7-3-2-4-8-13)21-22-19-15-10-6-5-9-14(15)17(11-16(19)25)30(27,28)29;/h2-11,18,25H,1H3,(H,27,28,29);/q;+1. The SMILES string of the molecule is CC1=NN(c2ccccc2)C(=O)C1N=Nc1c(O)cc(S(=O)(=O)O)c2ccccc12.[Na+]. The van der Waals surface area contributed by atoms with Crippen molar-refractivity contribution in [2.45, 2.75) is 17.9 Å². The van der Waals surface area contributed by atoms with Crippen molar-refractivity contribution in [1.29, 1.82) is 0 Å². The topological polar surface area (TPSA) is 132 Å². The van der Waals surface area contributed by atoms with Gasteiger partial charge in [0.05, 0.1) is 11.4 Å². The van der Waals surface area contributed by atoms with Crippen molar-refractivity contribution in [3.63, 3.8) is 0 Å². The molecule has 31 heavy (non-hydrogen) atoms. The number of aromatic hydroxyl groups is 1. The summed E-state index contributed by atoms with van der Waals surface area (Å²) in [6.07, 6.45) is 0. The van der Waals surface area contributed by atoms with Crippen molar-refractivity contribution in [1.82, 2.24) is 0 Å². The monoisotopic (exact) mass is 447 g/mol. The number of azo groups is 1. The van der Waals surface area contributed by atoms with E-state index in [0.29, 0.717) is 11.4 Å².